The monoisotopic (exact) mass is 399 g/mol. The summed E-state index contributed by atoms with van der Waals surface area (Å²) < 4.78 is 2.02. The Labute approximate surface area is 166 Å². The molecule has 0 unspecified atom stereocenters. The topological polar surface area (TPSA) is 64.0 Å². The third kappa shape index (κ3) is 4.87. The van der Waals surface area contributed by atoms with Crippen LogP contribution in [0.4, 0.5) is 0 Å². The zero-order valence-corrected chi connectivity index (χ0v) is 17.1. The second-order valence-corrected chi connectivity index (χ2v) is 8.37. The summed E-state index contributed by atoms with van der Waals surface area (Å²) >= 11 is 2.85. The van der Waals surface area contributed by atoms with Crippen LogP contribution in [0, 0.1) is 13.8 Å². The number of imidazole rings is 1. The quantitative estimate of drug-likeness (QED) is 0.479. The maximum atomic E-state index is 12.5. The summed E-state index contributed by atoms with van der Waals surface area (Å²) in [5, 5.41) is 3.54. The molecule has 0 bridgehead atoms. The highest BCUT2D eigenvalue weighted by atomic mass is 32.2. The zero-order valence-electron chi connectivity index (χ0n) is 15.5. The van der Waals surface area contributed by atoms with Gasteiger partial charge in [-0.1, -0.05) is 23.9 Å². The minimum Gasteiger partial charge on any atom is -0.351 e. The van der Waals surface area contributed by atoms with E-state index in [9.17, 15) is 9.59 Å². The number of thioether (sulfide) groups is 1. The molecule has 3 rings (SSSR count). The molecule has 0 saturated heterocycles. The number of nitrogens with zero attached hydrogens (tertiary/aromatic N) is 2. The predicted octanol–water partition coefficient (Wildman–Crippen LogP) is 4.16. The lowest BCUT2D eigenvalue weighted by atomic mass is 10.1. The molecule has 1 N–H and O–H groups in total. The van der Waals surface area contributed by atoms with Crippen LogP contribution in [-0.4, -0.2) is 27.0 Å². The molecular weight excluding hydrogens is 378 g/mol. The fraction of sp³-hybridized carbons (Fsp3) is 0.250. The average molecular weight is 400 g/mol. The van der Waals surface area contributed by atoms with Gasteiger partial charge in [0, 0.05) is 24.2 Å². The molecule has 0 aliphatic heterocycles. The minimum absolute atomic E-state index is 0.0644. The molecule has 7 heteroatoms. The van der Waals surface area contributed by atoms with Crippen LogP contribution in [0.25, 0.3) is 5.69 Å². The Bertz CT molecular complexity index is 975. The SMILES string of the molecule is CC(=O)NCc1ccc(C(=O)CSc2nccn2-c2cc(C)ccc2C)s1. The molecule has 0 spiro atoms. The van der Waals surface area contributed by atoms with E-state index in [4.69, 9.17) is 0 Å². The summed E-state index contributed by atoms with van der Waals surface area (Å²) in [7, 11) is 0. The van der Waals surface area contributed by atoms with E-state index in [0.29, 0.717) is 17.2 Å². The molecule has 1 amide bonds. The maximum Gasteiger partial charge on any atom is 0.217 e. The number of benzene rings is 1. The number of carbonyl (C=O) groups is 2. The van der Waals surface area contributed by atoms with Gasteiger partial charge in [-0.3, -0.25) is 14.2 Å². The molecule has 0 saturated carbocycles. The first kappa shape index (κ1) is 19.4. The molecule has 140 valence electrons. The van der Waals surface area contributed by atoms with E-state index in [1.807, 2.05) is 22.9 Å². The molecule has 1 aromatic carbocycles. The lowest BCUT2D eigenvalue weighted by molar-refractivity contribution is -0.119. The van der Waals surface area contributed by atoms with Gasteiger partial charge in [0.05, 0.1) is 22.9 Å². The molecular formula is C20H21N3O2S2. The predicted molar refractivity (Wildman–Crippen MR) is 110 cm³/mol. The fourth-order valence-electron chi connectivity index (χ4n) is 2.59. The van der Waals surface area contributed by atoms with Crippen molar-refractivity contribution in [2.24, 2.45) is 0 Å². The Balaban J connectivity index is 1.68. The van der Waals surface area contributed by atoms with Gasteiger partial charge in [-0.2, -0.15) is 0 Å². The molecule has 5 nitrogen and oxygen atoms in total. The number of nitrogens with one attached hydrogen (secondary N) is 1. The molecule has 0 atom stereocenters. The Hall–Kier alpha value is -2.38. The number of carbonyl (C=O) groups excluding carboxylic acids is 2. The maximum absolute atomic E-state index is 12.5. The fourth-order valence-corrected chi connectivity index (χ4v) is 4.42. The van der Waals surface area contributed by atoms with Gasteiger partial charge in [-0.25, -0.2) is 4.98 Å². The number of aryl methyl sites for hydroxylation is 2. The average Bonchev–Trinajstić information content (AvgIpc) is 3.29. The van der Waals surface area contributed by atoms with E-state index in [2.05, 4.69) is 42.3 Å². The summed E-state index contributed by atoms with van der Waals surface area (Å²) in [4.78, 5) is 29.6. The van der Waals surface area contributed by atoms with Crippen LogP contribution < -0.4 is 5.32 Å². The Morgan fingerprint density at radius 1 is 1.22 bits per heavy atom. The van der Waals surface area contributed by atoms with Gasteiger partial charge in [0.15, 0.2) is 10.9 Å². The van der Waals surface area contributed by atoms with E-state index in [0.717, 1.165) is 21.3 Å². The molecule has 0 fully saturated rings. The van der Waals surface area contributed by atoms with E-state index < -0.39 is 0 Å². The highest BCUT2D eigenvalue weighted by molar-refractivity contribution is 7.99. The Morgan fingerprint density at radius 3 is 2.81 bits per heavy atom. The number of ketones is 1. The smallest absolute Gasteiger partial charge is 0.217 e. The summed E-state index contributed by atoms with van der Waals surface area (Å²) in [5.41, 5.74) is 3.42. The van der Waals surface area contributed by atoms with Crippen molar-refractivity contribution in [3.63, 3.8) is 0 Å². The largest absolute Gasteiger partial charge is 0.351 e. The van der Waals surface area contributed by atoms with Gasteiger partial charge in [0.2, 0.25) is 5.91 Å². The van der Waals surface area contributed by atoms with E-state index in [-0.39, 0.29) is 11.7 Å². The van der Waals surface area contributed by atoms with E-state index in [1.165, 1.54) is 35.6 Å². The van der Waals surface area contributed by atoms with Gasteiger partial charge in [-0.05, 0) is 43.2 Å². The molecule has 0 aliphatic carbocycles. The molecule has 0 aliphatic rings. The third-order valence-corrected chi connectivity index (χ3v) is 6.10. The van der Waals surface area contributed by atoms with Crippen molar-refractivity contribution in [2.75, 3.05) is 5.75 Å². The number of hydrogen-bond donors (Lipinski definition) is 1. The van der Waals surface area contributed by atoms with Gasteiger partial charge in [0.25, 0.3) is 0 Å². The first-order chi connectivity index (χ1) is 12.9. The van der Waals surface area contributed by atoms with Gasteiger partial charge < -0.3 is 5.32 Å². The van der Waals surface area contributed by atoms with Crippen molar-refractivity contribution in [3.05, 3.63) is 63.6 Å². The molecule has 0 radical (unpaired) electrons. The second-order valence-electron chi connectivity index (χ2n) is 6.26. The third-order valence-electron chi connectivity index (χ3n) is 4.01. The number of thiophene rings is 1. The molecule has 3 aromatic rings. The first-order valence-corrected chi connectivity index (χ1v) is 10.3. The number of hydrogen-bond acceptors (Lipinski definition) is 5. The van der Waals surface area contributed by atoms with Gasteiger partial charge in [0.1, 0.15) is 0 Å². The number of amides is 1. The van der Waals surface area contributed by atoms with Crippen LogP contribution in [0.3, 0.4) is 0 Å². The highest BCUT2D eigenvalue weighted by Crippen LogP contribution is 2.25. The number of Topliss-reactive ketones (excluding diaryl/α,β-unsaturated/α-hetero) is 1. The molecule has 2 heterocycles. The van der Waals surface area contributed by atoms with Crippen molar-refractivity contribution < 1.29 is 9.59 Å². The lowest BCUT2D eigenvalue weighted by Gasteiger charge is -2.11. The van der Waals surface area contributed by atoms with Crippen LogP contribution in [0.15, 0.2) is 47.9 Å². The van der Waals surface area contributed by atoms with Gasteiger partial charge >= 0.3 is 0 Å². The second kappa shape index (κ2) is 8.54. The van der Waals surface area contributed by atoms with Crippen LogP contribution in [0.1, 0.15) is 32.6 Å². The summed E-state index contributed by atoms with van der Waals surface area (Å²) in [6.07, 6.45) is 3.68. The zero-order chi connectivity index (χ0) is 19.4. The van der Waals surface area contributed by atoms with Crippen LogP contribution in [0.2, 0.25) is 0 Å². The normalized spacial score (nSPS) is 10.8. The van der Waals surface area contributed by atoms with Crippen molar-refractivity contribution in [1.29, 1.82) is 0 Å². The standard InChI is InChI=1S/C20H21N3O2S2/c1-13-4-5-14(2)17(10-13)23-9-8-21-20(23)26-12-18(25)19-7-6-16(27-19)11-22-15(3)24/h4-10H,11-12H2,1-3H3,(H,22,24). The molecule has 27 heavy (non-hydrogen) atoms. The van der Waals surface area contributed by atoms with Crippen molar-refractivity contribution >= 4 is 34.8 Å². The van der Waals surface area contributed by atoms with Crippen LogP contribution >= 0.6 is 23.1 Å². The van der Waals surface area contributed by atoms with Gasteiger partial charge in [-0.15, -0.1) is 11.3 Å². The number of rotatable bonds is 7. The minimum atomic E-state index is -0.0786. The number of aromatic nitrogens is 2. The van der Waals surface area contributed by atoms with E-state index in [1.54, 1.807) is 6.20 Å². The summed E-state index contributed by atoms with van der Waals surface area (Å²) in [5.74, 6) is 0.307. The Morgan fingerprint density at radius 2 is 2.04 bits per heavy atom. The van der Waals surface area contributed by atoms with E-state index >= 15 is 0 Å². The van der Waals surface area contributed by atoms with Crippen LogP contribution in [0.5, 0.6) is 0 Å². The van der Waals surface area contributed by atoms with Crippen molar-refractivity contribution in [2.45, 2.75) is 32.5 Å². The Kier molecular flexibility index (Phi) is 6.13. The summed E-state index contributed by atoms with van der Waals surface area (Å²) in [6.45, 7) is 6.06. The highest BCUT2D eigenvalue weighted by Gasteiger charge is 2.14. The lowest BCUT2D eigenvalue weighted by Crippen LogP contribution is -2.18. The van der Waals surface area contributed by atoms with Crippen molar-refractivity contribution in [1.82, 2.24) is 14.9 Å². The first-order valence-electron chi connectivity index (χ1n) is 8.54. The summed E-state index contributed by atoms with van der Waals surface area (Å²) in [6, 6.07) is 10.0. The molecule has 2 aromatic heterocycles. The van der Waals surface area contributed by atoms with Crippen LogP contribution in [-0.2, 0) is 11.3 Å². The van der Waals surface area contributed by atoms with Crippen molar-refractivity contribution in [3.8, 4) is 5.69 Å².